The number of alkyl halides is 3. The van der Waals surface area contributed by atoms with Crippen molar-refractivity contribution in [2.24, 2.45) is 0 Å². The number of nitrogens with one attached hydrogen (secondary N) is 1. The van der Waals surface area contributed by atoms with E-state index in [9.17, 15) is 31.2 Å². The number of halogens is 4. The Bertz CT molecular complexity index is 1560. The number of benzene rings is 3. The molecule has 1 N–H and O–H groups in total. The summed E-state index contributed by atoms with van der Waals surface area (Å²) in [5.41, 5.74) is -1.76. The van der Waals surface area contributed by atoms with Crippen LogP contribution in [-0.2, 0) is 32.3 Å². The van der Waals surface area contributed by atoms with E-state index in [1.807, 2.05) is 0 Å². The summed E-state index contributed by atoms with van der Waals surface area (Å²) in [5, 5.41) is 2.17. The van der Waals surface area contributed by atoms with E-state index in [1.165, 1.54) is 43.2 Å². The normalized spacial score (nSPS) is 12.8. The first kappa shape index (κ1) is 33.7. The molecule has 0 aromatic heterocycles. The molecule has 0 unspecified atom stereocenters. The van der Waals surface area contributed by atoms with Crippen molar-refractivity contribution in [1.29, 1.82) is 0 Å². The molecule has 8 nitrogen and oxygen atoms in total. The Morgan fingerprint density at radius 3 is 2.21 bits per heavy atom. The quantitative estimate of drug-likeness (QED) is 0.298. The van der Waals surface area contributed by atoms with Crippen molar-refractivity contribution in [3.8, 4) is 5.75 Å². The molecule has 0 aliphatic heterocycles. The van der Waals surface area contributed by atoms with Crippen LogP contribution in [0.3, 0.4) is 0 Å². The van der Waals surface area contributed by atoms with Gasteiger partial charge in [0.15, 0.2) is 0 Å². The summed E-state index contributed by atoms with van der Waals surface area (Å²) in [5.74, 6) is -0.847. The maximum absolute atomic E-state index is 14.0. The number of carbonyl (C=O) groups is 2. The van der Waals surface area contributed by atoms with Crippen LogP contribution in [0, 0.1) is 0 Å². The molecule has 1 atom stereocenters. The molecular formula is C30H33ClF3N3O5S. The topological polar surface area (TPSA) is 96.0 Å². The molecule has 0 saturated heterocycles. The Hall–Kier alpha value is -3.77. The number of anilines is 1. The van der Waals surface area contributed by atoms with Crippen LogP contribution in [-0.4, -0.2) is 50.4 Å². The van der Waals surface area contributed by atoms with Crippen molar-refractivity contribution >= 4 is 39.1 Å². The molecule has 0 bridgehead atoms. The zero-order valence-electron chi connectivity index (χ0n) is 24.3. The highest BCUT2D eigenvalue weighted by Crippen LogP contribution is 2.38. The van der Waals surface area contributed by atoms with E-state index in [0.717, 1.165) is 12.1 Å². The van der Waals surface area contributed by atoms with Crippen LogP contribution in [0.25, 0.3) is 0 Å². The fourth-order valence-electron chi connectivity index (χ4n) is 4.16. The van der Waals surface area contributed by atoms with Crippen molar-refractivity contribution in [3.63, 3.8) is 0 Å². The van der Waals surface area contributed by atoms with Crippen molar-refractivity contribution in [2.75, 3.05) is 18.0 Å². The summed E-state index contributed by atoms with van der Waals surface area (Å²) in [6.07, 6.45) is -4.89. The molecule has 3 aromatic rings. The third-order valence-electron chi connectivity index (χ3n) is 6.31. The standard InChI is InChI=1S/C30H33ClF3N3O5S/c1-20(28(39)35-29(2,3)4)36(18-21-10-9-11-23(16-21)42-5)27(38)19-37(43(40,41)24-12-7-6-8-13-24)22-14-15-26(31)25(17-22)30(32,33)34/h6-17,20H,18-19H2,1-5H3,(H,35,39)/t20-/m1/s1. The summed E-state index contributed by atoms with van der Waals surface area (Å²) < 4.78 is 74.7. The average Bonchev–Trinajstić information content (AvgIpc) is 2.93. The van der Waals surface area contributed by atoms with E-state index < -0.39 is 62.4 Å². The van der Waals surface area contributed by atoms with Gasteiger partial charge >= 0.3 is 6.18 Å². The van der Waals surface area contributed by atoms with Gasteiger partial charge in [-0.15, -0.1) is 0 Å². The lowest BCUT2D eigenvalue weighted by Gasteiger charge is -2.33. The lowest BCUT2D eigenvalue weighted by Crippen LogP contribution is -2.54. The van der Waals surface area contributed by atoms with Gasteiger partial charge in [-0.1, -0.05) is 41.9 Å². The van der Waals surface area contributed by atoms with Gasteiger partial charge < -0.3 is 15.0 Å². The third kappa shape index (κ3) is 8.64. The van der Waals surface area contributed by atoms with Gasteiger partial charge in [-0.25, -0.2) is 8.42 Å². The minimum absolute atomic E-state index is 0.123. The first-order valence-corrected chi connectivity index (χ1v) is 14.9. The predicted molar refractivity (Wildman–Crippen MR) is 158 cm³/mol. The molecule has 0 radical (unpaired) electrons. The van der Waals surface area contributed by atoms with E-state index in [1.54, 1.807) is 51.1 Å². The highest BCUT2D eigenvalue weighted by molar-refractivity contribution is 7.92. The number of hydrogen-bond donors (Lipinski definition) is 1. The van der Waals surface area contributed by atoms with Gasteiger partial charge in [0.2, 0.25) is 11.8 Å². The minimum Gasteiger partial charge on any atom is -0.497 e. The fraction of sp³-hybridized carbons (Fsp3) is 0.333. The van der Waals surface area contributed by atoms with Gasteiger partial charge in [-0.2, -0.15) is 13.2 Å². The fourth-order valence-corrected chi connectivity index (χ4v) is 5.81. The summed E-state index contributed by atoms with van der Waals surface area (Å²) in [6, 6.07) is 15.2. The number of methoxy groups -OCH3 is 1. The summed E-state index contributed by atoms with van der Waals surface area (Å²) in [7, 11) is -3.09. The largest absolute Gasteiger partial charge is 0.497 e. The molecule has 13 heteroatoms. The first-order chi connectivity index (χ1) is 19.9. The van der Waals surface area contributed by atoms with Crippen LogP contribution in [0.1, 0.15) is 38.8 Å². The summed E-state index contributed by atoms with van der Waals surface area (Å²) in [6.45, 7) is 5.74. The molecule has 0 aliphatic carbocycles. The van der Waals surface area contributed by atoms with E-state index in [2.05, 4.69) is 5.32 Å². The second-order valence-corrected chi connectivity index (χ2v) is 13.0. The van der Waals surface area contributed by atoms with Crippen LogP contribution in [0.4, 0.5) is 18.9 Å². The minimum atomic E-state index is -4.89. The highest BCUT2D eigenvalue weighted by Gasteiger charge is 2.37. The Kier molecular flexibility index (Phi) is 10.4. The van der Waals surface area contributed by atoms with Crippen LogP contribution >= 0.6 is 11.6 Å². The van der Waals surface area contributed by atoms with E-state index in [-0.39, 0.29) is 11.4 Å². The number of sulfonamides is 1. The van der Waals surface area contributed by atoms with Gasteiger partial charge in [-0.3, -0.25) is 13.9 Å². The Balaban J connectivity index is 2.12. The number of carbonyl (C=O) groups excluding carboxylic acids is 2. The Morgan fingerprint density at radius 2 is 1.63 bits per heavy atom. The number of rotatable bonds is 10. The predicted octanol–water partition coefficient (Wildman–Crippen LogP) is 5.89. The summed E-state index contributed by atoms with van der Waals surface area (Å²) in [4.78, 5) is 28.1. The number of ether oxygens (including phenoxy) is 1. The highest BCUT2D eigenvalue weighted by atomic mass is 35.5. The van der Waals surface area contributed by atoms with Crippen molar-refractivity contribution in [2.45, 2.75) is 56.9 Å². The lowest BCUT2D eigenvalue weighted by molar-refractivity contribution is -0.140. The maximum Gasteiger partial charge on any atom is 0.417 e. The Morgan fingerprint density at radius 1 is 0.977 bits per heavy atom. The second kappa shape index (κ2) is 13.3. The molecule has 232 valence electrons. The van der Waals surface area contributed by atoms with Gasteiger partial charge in [0, 0.05) is 12.1 Å². The molecule has 43 heavy (non-hydrogen) atoms. The molecule has 3 rings (SSSR count). The third-order valence-corrected chi connectivity index (χ3v) is 8.42. The first-order valence-electron chi connectivity index (χ1n) is 13.1. The molecule has 2 amide bonds. The van der Waals surface area contributed by atoms with E-state index >= 15 is 0 Å². The monoisotopic (exact) mass is 639 g/mol. The molecular weight excluding hydrogens is 607 g/mol. The molecule has 0 saturated carbocycles. The van der Waals surface area contributed by atoms with Gasteiger partial charge in [0.1, 0.15) is 18.3 Å². The van der Waals surface area contributed by atoms with Crippen molar-refractivity contribution < 1.29 is 35.9 Å². The molecule has 0 heterocycles. The number of amides is 2. The smallest absolute Gasteiger partial charge is 0.417 e. The number of hydrogen-bond acceptors (Lipinski definition) is 5. The van der Waals surface area contributed by atoms with Crippen LogP contribution in [0.2, 0.25) is 5.02 Å². The average molecular weight is 640 g/mol. The number of nitrogens with zero attached hydrogens (tertiary/aromatic N) is 2. The second-order valence-electron chi connectivity index (χ2n) is 10.8. The van der Waals surface area contributed by atoms with Crippen LogP contribution in [0.5, 0.6) is 5.75 Å². The van der Waals surface area contributed by atoms with Gasteiger partial charge in [-0.05, 0) is 75.7 Å². The van der Waals surface area contributed by atoms with Crippen molar-refractivity contribution in [1.82, 2.24) is 10.2 Å². The molecule has 3 aromatic carbocycles. The zero-order valence-corrected chi connectivity index (χ0v) is 25.8. The van der Waals surface area contributed by atoms with Crippen molar-refractivity contribution in [3.05, 3.63) is 88.9 Å². The summed E-state index contributed by atoms with van der Waals surface area (Å²) >= 11 is 5.80. The van der Waals surface area contributed by atoms with E-state index in [4.69, 9.17) is 16.3 Å². The molecule has 0 aliphatic rings. The SMILES string of the molecule is COc1cccc(CN(C(=O)CN(c2ccc(Cl)c(C(F)(F)F)c2)S(=O)(=O)c2ccccc2)[C@H](C)C(=O)NC(C)(C)C)c1. The van der Waals surface area contributed by atoms with Crippen LogP contribution < -0.4 is 14.4 Å². The zero-order chi connectivity index (χ0) is 32.2. The molecule has 0 spiro atoms. The lowest BCUT2D eigenvalue weighted by atomic mass is 10.1. The van der Waals surface area contributed by atoms with Gasteiger partial charge in [0.25, 0.3) is 10.0 Å². The Labute approximate surface area is 254 Å². The molecule has 0 fully saturated rings. The van der Waals surface area contributed by atoms with Gasteiger partial charge in [0.05, 0.1) is 28.3 Å². The maximum atomic E-state index is 14.0. The van der Waals surface area contributed by atoms with Crippen LogP contribution in [0.15, 0.2) is 77.7 Å². The van der Waals surface area contributed by atoms with E-state index in [0.29, 0.717) is 21.7 Å².